The third-order valence-corrected chi connectivity index (χ3v) is 4.19. The van der Waals surface area contributed by atoms with Crippen molar-refractivity contribution < 1.29 is 9.47 Å². The number of fused-ring (bicyclic) bond motifs is 1. The molecule has 3 rings (SSSR count). The highest BCUT2D eigenvalue weighted by molar-refractivity contribution is 5.42. The topological polar surface area (TPSA) is 33.7 Å². The first-order valence-corrected chi connectivity index (χ1v) is 7.38. The molecule has 2 heterocycles. The molecule has 0 aromatic heterocycles. The molecule has 4 nitrogen and oxygen atoms in total. The fourth-order valence-electron chi connectivity index (χ4n) is 3.12. The van der Waals surface area contributed by atoms with Gasteiger partial charge >= 0.3 is 0 Å². The number of nitrogens with one attached hydrogen (secondary N) is 1. The maximum Gasteiger partial charge on any atom is 0.125 e. The van der Waals surface area contributed by atoms with E-state index in [-0.39, 0.29) is 17.7 Å². The molecule has 2 aliphatic rings. The van der Waals surface area contributed by atoms with Crippen molar-refractivity contribution >= 4 is 0 Å². The number of nitrogens with zero attached hydrogens (tertiary/aromatic N) is 1. The largest absolute Gasteiger partial charge is 0.486 e. The molecule has 20 heavy (non-hydrogen) atoms. The minimum Gasteiger partial charge on any atom is -0.486 e. The quantitative estimate of drug-likeness (QED) is 0.913. The molecule has 1 N–H and O–H groups in total. The predicted molar refractivity (Wildman–Crippen MR) is 79.1 cm³/mol. The lowest BCUT2D eigenvalue weighted by Gasteiger charge is -2.33. The lowest BCUT2D eigenvalue weighted by atomic mass is 9.94. The number of likely N-dealkylation sites (N-methyl/N-ethyl adjacent to an activating group) is 1. The van der Waals surface area contributed by atoms with E-state index in [1.165, 1.54) is 5.56 Å². The molecule has 0 saturated carbocycles. The van der Waals surface area contributed by atoms with E-state index < -0.39 is 0 Å². The number of hydrogen-bond acceptors (Lipinski definition) is 4. The van der Waals surface area contributed by atoms with Crippen LogP contribution in [0, 0.1) is 0 Å². The molecule has 0 aliphatic carbocycles. The van der Waals surface area contributed by atoms with E-state index in [1.54, 1.807) is 0 Å². The van der Waals surface area contributed by atoms with Gasteiger partial charge in [-0.2, -0.15) is 0 Å². The van der Waals surface area contributed by atoms with Crippen molar-refractivity contribution in [3.05, 3.63) is 29.8 Å². The molecular formula is C16H24N2O2. The summed E-state index contributed by atoms with van der Waals surface area (Å²) >= 11 is 0. The van der Waals surface area contributed by atoms with Crippen molar-refractivity contribution in [2.45, 2.75) is 31.6 Å². The second-order valence-corrected chi connectivity index (χ2v) is 6.34. The SMILES string of the molecule is CN1CCOC(CNC2c3ccccc3OC2(C)C)C1. The summed E-state index contributed by atoms with van der Waals surface area (Å²) in [6, 6.07) is 8.51. The van der Waals surface area contributed by atoms with E-state index in [0.717, 1.165) is 32.0 Å². The molecule has 1 aromatic carbocycles. The highest BCUT2D eigenvalue weighted by atomic mass is 16.5. The van der Waals surface area contributed by atoms with E-state index in [2.05, 4.69) is 43.2 Å². The molecule has 2 aliphatic heterocycles. The number of morpholine rings is 1. The van der Waals surface area contributed by atoms with Crippen LogP contribution in [0.15, 0.2) is 24.3 Å². The maximum atomic E-state index is 6.05. The summed E-state index contributed by atoms with van der Waals surface area (Å²) in [5, 5.41) is 3.64. The van der Waals surface area contributed by atoms with Crippen LogP contribution in [0.4, 0.5) is 0 Å². The smallest absolute Gasteiger partial charge is 0.125 e. The zero-order valence-electron chi connectivity index (χ0n) is 12.6. The molecule has 0 bridgehead atoms. The zero-order chi connectivity index (χ0) is 14.2. The van der Waals surface area contributed by atoms with Gasteiger partial charge in [-0.15, -0.1) is 0 Å². The van der Waals surface area contributed by atoms with Gasteiger partial charge in [0, 0.05) is 25.2 Å². The molecule has 1 fully saturated rings. The van der Waals surface area contributed by atoms with Crippen molar-refractivity contribution in [2.24, 2.45) is 0 Å². The number of para-hydroxylation sites is 1. The summed E-state index contributed by atoms with van der Waals surface area (Å²) in [4.78, 5) is 2.32. The van der Waals surface area contributed by atoms with E-state index in [1.807, 2.05) is 12.1 Å². The number of benzene rings is 1. The molecule has 2 unspecified atom stereocenters. The first-order chi connectivity index (χ1) is 9.56. The summed E-state index contributed by atoms with van der Waals surface area (Å²) in [5.74, 6) is 0.997. The van der Waals surface area contributed by atoms with Gasteiger partial charge in [0.25, 0.3) is 0 Å². The Hall–Kier alpha value is -1.10. The fourth-order valence-corrected chi connectivity index (χ4v) is 3.12. The number of hydrogen-bond donors (Lipinski definition) is 1. The van der Waals surface area contributed by atoms with Crippen LogP contribution in [0.2, 0.25) is 0 Å². The summed E-state index contributed by atoms with van der Waals surface area (Å²) in [6.45, 7) is 7.97. The lowest BCUT2D eigenvalue weighted by molar-refractivity contribution is -0.0225. The average molecular weight is 276 g/mol. The van der Waals surface area contributed by atoms with Gasteiger partial charge < -0.3 is 19.7 Å². The fraction of sp³-hybridized carbons (Fsp3) is 0.625. The lowest BCUT2D eigenvalue weighted by Crippen LogP contribution is -2.48. The monoisotopic (exact) mass is 276 g/mol. The van der Waals surface area contributed by atoms with Gasteiger partial charge in [0.1, 0.15) is 11.4 Å². The summed E-state index contributed by atoms with van der Waals surface area (Å²) in [5.41, 5.74) is 1.03. The van der Waals surface area contributed by atoms with Crippen molar-refractivity contribution in [2.75, 3.05) is 33.3 Å². The molecule has 0 amide bonds. The van der Waals surface area contributed by atoms with E-state index >= 15 is 0 Å². The predicted octanol–water partition coefficient (Wildman–Crippen LogP) is 1.82. The van der Waals surface area contributed by atoms with E-state index in [0.29, 0.717) is 0 Å². The average Bonchev–Trinajstić information content (AvgIpc) is 2.66. The highest BCUT2D eigenvalue weighted by Gasteiger charge is 2.40. The summed E-state index contributed by atoms with van der Waals surface area (Å²) < 4.78 is 11.9. The van der Waals surface area contributed by atoms with Gasteiger partial charge in [0.2, 0.25) is 0 Å². The van der Waals surface area contributed by atoms with E-state index in [4.69, 9.17) is 9.47 Å². The van der Waals surface area contributed by atoms with Crippen molar-refractivity contribution in [1.82, 2.24) is 10.2 Å². The molecule has 4 heteroatoms. The standard InChI is InChI=1S/C16H24N2O2/c1-16(2)15(13-6-4-5-7-14(13)20-16)17-10-12-11-18(3)8-9-19-12/h4-7,12,15,17H,8-11H2,1-3H3. The zero-order valence-corrected chi connectivity index (χ0v) is 12.6. The van der Waals surface area contributed by atoms with Crippen LogP contribution in [0.1, 0.15) is 25.5 Å². The first kappa shape index (κ1) is 13.9. The van der Waals surface area contributed by atoms with Crippen LogP contribution in [0.25, 0.3) is 0 Å². The van der Waals surface area contributed by atoms with Gasteiger partial charge in [-0.05, 0) is 27.0 Å². The third kappa shape index (κ3) is 2.68. The molecule has 110 valence electrons. The highest BCUT2D eigenvalue weighted by Crippen LogP contribution is 2.42. The number of rotatable bonds is 3. The normalized spacial score (nSPS) is 28.9. The van der Waals surface area contributed by atoms with Crippen LogP contribution in [0.3, 0.4) is 0 Å². The molecule has 0 radical (unpaired) electrons. The Kier molecular flexibility index (Phi) is 3.71. The van der Waals surface area contributed by atoms with Crippen molar-refractivity contribution in [1.29, 1.82) is 0 Å². The maximum absolute atomic E-state index is 6.05. The van der Waals surface area contributed by atoms with Gasteiger partial charge in [-0.1, -0.05) is 18.2 Å². The summed E-state index contributed by atoms with van der Waals surface area (Å²) in [7, 11) is 2.15. The Morgan fingerprint density at radius 2 is 2.15 bits per heavy atom. The molecule has 1 aromatic rings. The Bertz CT molecular complexity index is 475. The minimum absolute atomic E-state index is 0.217. The van der Waals surface area contributed by atoms with Crippen LogP contribution < -0.4 is 10.1 Å². The second-order valence-electron chi connectivity index (χ2n) is 6.34. The minimum atomic E-state index is -0.218. The third-order valence-electron chi connectivity index (χ3n) is 4.19. The molecule has 0 spiro atoms. The van der Waals surface area contributed by atoms with Crippen LogP contribution in [-0.4, -0.2) is 49.9 Å². The van der Waals surface area contributed by atoms with Gasteiger partial charge in [0.15, 0.2) is 0 Å². The molecular weight excluding hydrogens is 252 g/mol. The van der Waals surface area contributed by atoms with Crippen LogP contribution >= 0.6 is 0 Å². The molecule has 2 atom stereocenters. The van der Waals surface area contributed by atoms with Gasteiger partial charge in [0.05, 0.1) is 18.8 Å². The van der Waals surface area contributed by atoms with Crippen molar-refractivity contribution in [3.8, 4) is 5.75 Å². The van der Waals surface area contributed by atoms with Crippen LogP contribution in [0.5, 0.6) is 5.75 Å². The first-order valence-electron chi connectivity index (χ1n) is 7.38. The van der Waals surface area contributed by atoms with E-state index in [9.17, 15) is 0 Å². The second kappa shape index (κ2) is 5.35. The van der Waals surface area contributed by atoms with Crippen LogP contribution in [-0.2, 0) is 4.74 Å². The van der Waals surface area contributed by atoms with Crippen molar-refractivity contribution in [3.63, 3.8) is 0 Å². The Morgan fingerprint density at radius 3 is 2.95 bits per heavy atom. The summed E-state index contributed by atoms with van der Waals surface area (Å²) in [6.07, 6.45) is 0.261. The Labute approximate surface area is 121 Å². The Balaban J connectivity index is 1.67. The molecule has 1 saturated heterocycles. The number of ether oxygens (including phenoxy) is 2. The van der Waals surface area contributed by atoms with Gasteiger partial charge in [-0.3, -0.25) is 0 Å². The van der Waals surface area contributed by atoms with Gasteiger partial charge in [-0.25, -0.2) is 0 Å². The Morgan fingerprint density at radius 1 is 1.35 bits per heavy atom.